The summed E-state index contributed by atoms with van der Waals surface area (Å²) < 4.78 is 0. The van der Waals surface area contributed by atoms with Crippen molar-refractivity contribution >= 4 is 11.7 Å². The quantitative estimate of drug-likeness (QED) is 0.825. The molecule has 0 fully saturated rings. The highest BCUT2D eigenvalue weighted by atomic mass is 16.2. The van der Waals surface area contributed by atoms with E-state index in [0.29, 0.717) is 12.1 Å². The summed E-state index contributed by atoms with van der Waals surface area (Å²) in [7, 11) is 0. The fourth-order valence-corrected chi connectivity index (χ4v) is 2.32. The molecule has 0 saturated carbocycles. The third kappa shape index (κ3) is 5.30. The minimum atomic E-state index is -0.119. The van der Waals surface area contributed by atoms with Crippen LogP contribution < -0.4 is 5.32 Å². The number of carbonyl (C=O) groups is 2. The predicted molar refractivity (Wildman–Crippen MR) is 94.8 cm³/mol. The highest BCUT2D eigenvalue weighted by Gasteiger charge is 2.14. The lowest BCUT2D eigenvalue weighted by molar-refractivity contribution is -0.121. The van der Waals surface area contributed by atoms with Crippen molar-refractivity contribution in [1.29, 1.82) is 0 Å². The SMILES string of the molecule is CC(C)(C)c1ccc(C(=O)CCC(=O)NCc2ccncc2)cc1. The first kappa shape index (κ1) is 17.9. The smallest absolute Gasteiger partial charge is 0.220 e. The van der Waals surface area contributed by atoms with Crippen LogP contribution in [0.25, 0.3) is 0 Å². The summed E-state index contributed by atoms with van der Waals surface area (Å²) in [6.45, 7) is 6.86. The van der Waals surface area contributed by atoms with Crippen molar-refractivity contribution in [3.63, 3.8) is 0 Å². The zero-order valence-corrected chi connectivity index (χ0v) is 14.5. The molecule has 2 aromatic rings. The topological polar surface area (TPSA) is 59.1 Å². The predicted octanol–water partition coefficient (Wildman–Crippen LogP) is 3.66. The van der Waals surface area contributed by atoms with Crippen LogP contribution >= 0.6 is 0 Å². The molecule has 126 valence electrons. The van der Waals surface area contributed by atoms with Crippen LogP contribution in [0.15, 0.2) is 48.8 Å². The van der Waals surface area contributed by atoms with Gasteiger partial charge in [-0.25, -0.2) is 0 Å². The Labute approximate surface area is 143 Å². The lowest BCUT2D eigenvalue weighted by atomic mass is 9.86. The first-order chi connectivity index (χ1) is 11.4. The van der Waals surface area contributed by atoms with Crippen LogP contribution in [-0.2, 0) is 16.8 Å². The van der Waals surface area contributed by atoms with Gasteiger partial charge in [-0.3, -0.25) is 14.6 Å². The summed E-state index contributed by atoms with van der Waals surface area (Å²) in [6, 6.07) is 11.4. The van der Waals surface area contributed by atoms with E-state index in [1.807, 2.05) is 36.4 Å². The monoisotopic (exact) mass is 324 g/mol. The summed E-state index contributed by atoms with van der Waals surface area (Å²) in [5.74, 6) is -0.124. The molecule has 0 radical (unpaired) electrons. The van der Waals surface area contributed by atoms with E-state index in [2.05, 4.69) is 31.1 Å². The molecular formula is C20H24N2O2. The van der Waals surface area contributed by atoms with Gasteiger partial charge in [-0.1, -0.05) is 45.0 Å². The van der Waals surface area contributed by atoms with Gasteiger partial charge in [0.15, 0.2) is 5.78 Å². The Morgan fingerprint density at radius 2 is 1.58 bits per heavy atom. The number of Topliss-reactive ketones (excluding diaryl/α,β-unsaturated/α-hetero) is 1. The molecule has 0 bridgehead atoms. The van der Waals surface area contributed by atoms with Gasteiger partial charge in [-0.05, 0) is 28.7 Å². The van der Waals surface area contributed by atoms with Crippen molar-refractivity contribution in [3.05, 3.63) is 65.5 Å². The lowest BCUT2D eigenvalue weighted by Gasteiger charge is -2.18. The van der Waals surface area contributed by atoms with Gasteiger partial charge < -0.3 is 5.32 Å². The Morgan fingerprint density at radius 3 is 2.17 bits per heavy atom. The van der Waals surface area contributed by atoms with Gasteiger partial charge in [0.25, 0.3) is 0 Å². The number of hydrogen-bond donors (Lipinski definition) is 1. The molecule has 1 aromatic heterocycles. The van der Waals surface area contributed by atoms with Gasteiger partial charge >= 0.3 is 0 Å². The van der Waals surface area contributed by atoms with E-state index in [9.17, 15) is 9.59 Å². The standard InChI is InChI=1S/C20H24N2O2/c1-20(2,3)17-6-4-16(5-7-17)18(23)8-9-19(24)22-14-15-10-12-21-13-11-15/h4-7,10-13H,8-9,14H2,1-3H3,(H,22,24). The molecule has 24 heavy (non-hydrogen) atoms. The summed E-state index contributed by atoms with van der Waals surface area (Å²) in [6.07, 6.45) is 3.79. The van der Waals surface area contributed by atoms with Crippen molar-refractivity contribution in [2.24, 2.45) is 0 Å². The first-order valence-corrected chi connectivity index (χ1v) is 8.15. The molecule has 0 saturated heterocycles. The second kappa shape index (κ2) is 7.86. The highest BCUT2D eigenvalue weighted by Crippen LogP contribution is 2.22. The Hall–Kier alpha value is -2.49. The normalized spacial score (nSPS) is 11.1. The molecule has 1 aromatic carbocycles. The Kier molecular flexibility index (Phi) is 5.85. The molecule has 2 rings (SSSR count). The molecule has 1 heterocycles. The number of rotatable bonds is 6. The van der Waals surface area contributed by atoms with Crippen LogP contribution in [0.1, 0.15) is 55.1 Å². The van der Waals surface area contributed by atoms with E-state index in [1.54, 1.807) is 12.4 Å². The third-order valence-electron chi connectivity index (χ3n) is 3.89. The van der Waals surface area contributed by atoms with E-state index < -0.39 is 0 Å². The average Bonchev–Trinajstić information content (AvgIpc) is 2.58. The van der Waals surface area contributed by atoms with E-state index >= 15 is 0 Å². The maximum Gasteiger partial charge on any atom is 0.220 e. The molecule has 1 N–H and O–H groups in total. The minimum Gasteiger partial charge on any atom is -0.352 e. The van der Waals surface area contributed by atoms with Gasteiger partial charge in [0.05, 0.1) is 0 Å². The fourth-order valence-electron chi connectivity index (χ4n) is 2.32. The number of ketones is 1. The summed E-state index contributed by atoms with van der Waals surface area (Å²) in [5.41, 5.74) is 2.90. The van der Waals surface area contributed by atoms with E-state index in [0.717, 1.165) is 5.56 Å². The van der Waals surface area contributed by atoms with Gasteiger partial charge in [0.1, 0.15) is 0 Å². The number of amides is 1. The first-order valence-electron chi connectivity index (χ1n) is 8.15. The highest BCUT2D eigenvalue weighted by molar-refractivity contribution is 5.98. The Morgan fingerprint density at radius 1 is 0.958 bits per heavy atom. The molecule has 0 aliphatic carbocycles. The maximum atomic E-state index is 12.2. The van der Waals surface area contributed by atoms with Gasteiger partial charge in [0.2, 0.25) is 5.91 Å². The number of pyridine rings is 1. The molecule has 0 aliphatic rings. The van der Waals surface area contributed by atoms with E-state index in [1.165, 1.54) is 5.56 Å². The minimum absolute atomic E-state index is 0.00507. The molecule has 0 unspecified atom stereocenters. The van der Waals surface area contributed by atoms with Crippen molar-refractivity contribution in [2.45, 2.75) is 45.6 Å². The average molecular weight is 324 g/mol. The summed E-state index contributed by atoms with van der Waals surface area (Å²) in [5, 5.41) is 2.82. The number of hydrogen-bond acceptors (Lipinski definition) is 3. The maximum absolute atomic E-state index is 12.2. The summed E-state index contributed by atoms with van der Waals surface area (Å²) >= 11 is 0. The molecule has 4 heteroatoms. The molecule has 0 atom stereocenters. The van der Waals surface area contributed by atoms with Gasteiger partial charge in [0, 0.05) is 37.3 Å². The van der Waals surface area contributed by atoms with Crippen molar-refractivity contribution in [3.8, 4) is 0 Å². The van der Waals surface area contributed by atoms with Gasteiger partial charge in [-0.15, -0.1) is 0 Å². The molecule has 0 spiro atoms. The molecule has 4 nitrogen and oxygen atoms in total. The Bertz CT molecular complexity index is 686. The molecule has 1 amide bonds. The van der Waals surface area contributed by atoms with E-state index in [4.69, 9.17) is 0 Å². The second-order valence-electron chi connectivity index (χ2n) is 6.88. The van der Waals surface area contributed by atoms with Crippen LogP contribution in [0.5, 0.6) is 0 Å². The second-order valence-corrected chi connectivity index (χ2v) is 6.88. The number of nitrogens with one attached hydrogen (secondary N) is 1. The Balaban J connectivity index is 1.81. The largest absolute Gasteiger partial charge is 0.352 e. The molecule has 0 aliphatic heterocycles. The number of aromatic nitrogens is 1. The zero-order valence-electron chi connectivity index (χ0n) is 14.5. The van der Waals surface area contributed by atoms with Crippen molar-refractivity contribution < 1.29 is 9.59 Å². The van der Waals surface area contributed by atoms with Crippen LogP contribution in [-0.4, -0.2) is 16.7 Å². The van der Waals surface area contributed by atoms with E-state index in [-0.39, 0.29) is 29.9 Å². The summed E-state index contributed by atoms with van der Waals surface area (Å²) in [4.78, 5) is 28.0. The van der Waals surface area contributed by atoms with Crippen molar-refractivity contribution in [2.75, 3.05) is 0 Å². The third-order valence-corrected chi connectivity index (χ3v) is 3.89. The van der Waals surface area contributed by atoms with Gasteiger partial charge in [-0.2, -0.15) is 0 Å². The lowest BCUT2D eigenvalue weighted by Crippen LogP contribution is -2.23. The zero-order chi connectivity index (χ0) is 17.6. The van der Waals surface area contributed by atoms with Crippen molar-refractivity contribution in [1.82, 2.24) is 10.3 Å². The van der Waals surface area contributed by atoms with Crippen LogP contribution in [0.3, 0.4) is 0 Å². The molecular weight excluding hydrogens is 300 g/mol. The number of nitrogens with zero attached hydrogens (tertiary/aromatic N) is 1. The number of carbonyl (C=O) groups excluding carboxylic acids is 2. The van der Waals surface area contributed by atoms with Crippen LogP contribution in [0, 0.1) is 0 Å². The van der Waals surface area contributed by atoms with Crippen LogP contribution in [0.2, 0.25) is 0 Å². The van der Waals surface area contributed by atoms with Crippen LogP contribution in [0.4, 0.5) is 0 Å². The fraction of sp³-hybridized carbons (Fsp3) is 0.350. The number of benzene rings is 1.